The van der Waals surface area contributed by atoms with E-state index in [0.717, 1.165) is 11.1 Å². The average molecular weight is 220 g/mol. The summed E-state index contributed by atoms with van der Waals surface area (Å²) in [7, 11) is 1.75. The molecule has 2 rings (SSSR count). The maximum Gasteiger partial charge on any atom is 0.303 e. The van der Waals surface area contributed by atoms with E-state index in [1.807, 2.05) is 6.07 Å². The van der Waals surface area contributed by atoms with Crippen LogP contribution in [-0.2, 0) is 18.3 Å². The Bertz CT molecular complexity index is 595. The molecule has 0 saturated carbocycles. The second kappa shape index (κ2) is 3.84. The first-order valence-corrected chi connectivity index (χ1v) is 4.97. The first kappa shape index (κ1) is 10.5. The Morgan fingerprint density at radius 1 is 1.50 bits per heavy atom. The monoisotopic (exact) mass is 220 g/mol. The molecule has 0 spiro atoms. The summed E-state index contributed by atoms with van der Waals surface area (Å²) in [5.74, 6) is -0.817. The lowest BCUT2D eigenvalue weighted by Crippen LogP contribution is -2.01. The standard InChI is InChI=1S/C11H12N2O3/c1-13-9-6-7(3-5-10(14)15)2-4-8(9)11(16)12-13/h2,4,6H,3,5H2,1H3,(H,12,16)(H,14,15). The lowest BCUT2D eigenvalue weighted by molar-refractivity contribution is -0.136. The van der Waals surface area contributed by atoms with Crippen molar-refractivity contribution in [3.8, 4) is 0 Å². The topological polar surface area (TPSA) is 75.1 Å². The van der Waals surface area contributed by atoms with Crippen LogP contribution in [-0.4, -0.2) is 20.9 Å². The smallest absolute Gasteiger partial charge is 0.303 e. The van der Waals surface area contributed by atoms with Crippen LogP contribution < -0.4 is 5.56 Å². The van der Waals surface area contributed by atoms with Crippen LogP contribution >= 0.6 is 0 Å². The third-order valence-corrected chi connectivity index (χ3v) is 2.56. The molecular formula is C11H12N2O3. The largest absolute Gasteiger partial charge is 0.481 e. The molecule has 0 aliphatic rings. The van der Waals surface area contributed by atoms with E-state index in [0.29, 0.717) is 11.8 Å². The number of aromatic amines is 1. The molecule has 0 atom stereocenters. The summed E-state index contributed by atoms with van der Waals surface area (Å²) in [5.41, 5.74) is 1.60. The van der Waals surface area contributed by atoms with E-state index in [-0.39, 0.29) is 12.0 Å². The van der Waals surface area contributed by atoms with Gasteiger partial charge in [-0.2, -0.15) is 0 Å². The van der Waals surface area contributed by atoms with Gasteiger partial charge in [0.2, 0.25) is 0 Å². The number of benzene rings is 1. The number of aromatic nitrogens is 2. The number of aryl methyl sites for hydroxylation is 2. The molecule has 0 aliphatic carbocycles. The van der Waals surface area contributed by atoms with E-state index in [2.05, 4.69) is 5.10 Å². The number of carboxylic acids is 1. The number of H-pyrrole nitrogens is 1. The molecule has 1 heterocycles. The van der Waals surface area contributed by atoms with E-state index < -0.39 is 5.97 Å². The molecule has 0 unspecified atom stereocenters. The van der Waals surface area contributed by atoms with Gasteiger partial charge >= 0.3 is 5.97 Å². The summed E-state index contributed by atoms with van der Waals surface area (Å²) in [6.07, 6.45) is 0.578. The van der Waals surface area contributed by atoms with E-state index in [9.17, 15) is 9.59 Å². The van der Waals surface area contributed by atoms with Crippen LogP contribution in [0.15, 0.2) is 23.0 Å². The van der Waals surface area contributed by atoms with Crippen molar-refractivity contribution in [1.29, 1.82) is 0 Å². The number of hydrogen-bond acceptors (Lipinski definition) is 2. The van der Waals surface area contributed by atoms with Gasteiger partial charge in [-0.1, -0.05) is 6.07 Å². The highest BCUT2D eigenvalue weighted by Crippen LogP contribution is 2.13. The number of carbonyl (C=O) groups is 1. The minimum absolute atomic E-state index is 0.101. The first-order chi connectivity index (χ1) is 7.58. The van der Waals surface area contributed by atoms with E-state index in [1.165, 1.54) is 0 Å². The van der Waals surface area contributed by atoms with Gasteiger partial charge in [0.05, 0.1) is 10.9 Å². The third-order valence-electron chi connectivity index (χ3n) is 2.56. The minimum Gasteiger partial charge on any atom is -0.481 e. The van der Waals surface area contributed by atoms with Crippen molar-refractivity contribution in [2.24, 2.45) is 7.05 Å². The lowest BCUT2D eigenvalue weighted by Gasteiger charge is -2.00. The van der Waals surface area contributed by atoms with Gasteiger partial charge in [0.25, 0.3) is 5.56 Å². The zero-order valence-corrected chi connectivity index (χ0v) is 8.86. The normalized spacial score (nSPS) is 10.8. The maximum absolute atomic E-state index is 11.4. The molecule has 16 heavy (non-hydrogen) atoms. The second-order valence-electron chi connectivity index (χ2n) is 3.75. The summed E-state index contributed by atoms with van der Waals surface area (Å²) in [5, 5.41) is 11.9. The van der Waals surface area contributed by atoms with Gasteiger partial charge in [-0.25, -0.2) is 0 Å². The number of hydrogen-bond donors (Lipinski definition) is 2. The lowest BCUT2D eigenvalue weighted by atomic mass is 10.1. The Morgan fingerprint density at radius 2 is 2.25 bits per heavy atom. The fourth-order valence-corrected chi connectivity index (χ4v) is 1.73. The third kappa shape index (κ3) is 1.84. The van der Waals surface area contributed by atoms with Crippen LogP contribution in [0.1, 0.15) is 12.0 Å². The number of carboxylic acid groups (broad SMARTS) is 1. The molecular weight excluding hydrogens is 208 g/mol. The Kier molecular flexibility index (Phi) is 2.52. The SMILES string of the molecule is Cn1[nH]c(=O)c2ccc(CCC(=O)O)cc21. The number of aliphatic carboxylic acids is 1. The first-order valence-electron chi connectivity index (χ1n) is 4.97. The van der Waals surface area contributed by atoms with Crippen LogP contribution in [0, 0.1) is 0 Å². The number of fused-ring (bicyclic) bond motifs is 1. The van der Waals surface area contributed by atoms with Crippen LogP contribution in [0.4, 0.5) is 0 Å². The van der Waals surface area contributed by atoms with Crippen molar-refractivity contribution in [2.75, 3.05) is 0 Å². The van der Waals surface area contributed by atoms with Crippen molar-refractivity contribution in [3.63, 3.8) is 0 Å². The Labute approximate surface area is 91.3 Å². The molecule has 5 nitrogen and oxygen atoms in total. The highest BCUT2D eigenvalue weighted by atomic mass is 16.4. The molecule has 1 aromatic carbocycles. The van der Waals surface area contributed by atoms with Crippen molar-refractivity contribution in [2.45, 2.75) is 12.8 Å². The number of rotatable bonds is 3. The summed E-state index contributed by atoms with van der Waals surface area (Å²) in [6.45, 7) is 0. The van der Waals surface area contributed by atoms with Gasteiger partial charge in [-0.05, 0) is 24.1 Å². The molecule has 0 aliphatic heterocycles. The van der Waals surface area contributed by atoms with Crippen molar-refractivity contribution in [3.05, 3.63) is 34.1 Å². The van der Waals surface area contributed by atoms with Crippen molar-refractivity contribution >= 4 is 16.9 Å². The van der Waals surface area contributed by atoms with Crippen LogP contribution in [0.3, 0.4) is 0 Å². The van der Waals surface area contributed by atoms with Gasteiger partial charge in [0, 0.05) is 13.5 Å². The molecule has 2 aromatic rings. The van der Waals surface area contributed by atoms with Crippen LogP contribution in [0.2, 0.25) is 0 Å². The summed E-state index contributed by atoms with van der Waals surface area (Å²) >= 11 is 0. The van der Waals surface area contributed by atoms with Crippen molar-refractivity contribution < 1.29 is 9.90 Å². The minimum atomic E-state index is -0.817. The molecule has 0 radical (unpaired) electrons. The quantitative estimate of drug-likeness (QED) is 0.806. The van der Waals surface area contributed by atoms with Crippen LogP contribution in [0.5, 0.6) is 0 Å². The molecule has 0 bridgehead atoms. The highest BCUT2D eigenvalue weighted by Gasteiger charge is 2.05. The Hall–Kier alpha value is -2.04. The van der Waals surface area contributed by atoms with Gasteiger partial charge in [-0.15, -0.1) is 0 Å². The highest BCUT2D eigenvalue weighted by molar-refractivity contribution is 5.79. The average Bonchev–Trinajstić information content (AvgIpc) is 2.52. The van der Waals surface area contributed by atoms with E-state index in [1.54, 1.807) is 23.9 Å². The molecule has 0 saturated heterocycles. The van der Waals surface area contributed by atoms with Crippen LogP contribution in [0.25, 0.3) is 10.9 Å². The maximum atomic E-state index is 11.4. The molecule has 2 N–H and O–H groups in total. The summed E-state index contributed by atoms with van der Waals surface area (Å²) in [6, 6.07) is 5.36. The molecule has 0 fully saturated rings. The molecule has 5 heteroatoms. The Morgan fingerprint density at radius 3 is 2.94 bits per heavy atom. The van der Waals surface area contributed by atoms with Crippen molar-refractivity contribution in [1.82, 2.24) is 9.78 Å². The fraction of sp³-hybridized carbons (Fsp3) is 0.273. The van der Waals surface area contributed by atoms with Gasteiger partial charge in [-0.3, -0.25) is 19.4 Å². The van der Waals surface area contributed by atoms with Gasteiger partial charge in [0.15, 0.2) is 0 Å². The number of nitrogens with zero attached hydrogens (tertiary/aromatic N) is 1. The predicted octanol–water partition coefficient (Wildman–Crippen LogP) is 0.884. The van der Waals surface area contributed by atoms with E-state index >= 15 is 0 Å². The number of nitrogens with one attached hydrogen (secondary N) is 1. The zero-order valence-electron chi connectivity index (χ0n) is 8.86. The van der Waals surface area contributed by atoms with Gasteiger partial charge in [0.1, 0.15) is 0 Å². The fourth-order valence-electron chi connectivity index (χ4n) is 1.73. The molecule has 1 aromatic heterocycles. The second-order valence-corrected chi connectivity index (χ2v) is 3.75. The molecule has 84 valence electrons. The summed E-state index contributed by atoms with van der Waals surface area (Å²) < 4.78 is 1.64. The zero-order chi connectivity index (χ0) is 11.7. The summed E-state index contributed by atoms with van der Waals surface area (Å²) in [4.78, 5) is 21.9. The van der Waals surface area contributed by atoms with E-state index in [4.69, 9.17) is 5.11 Å². The molecule has 0 amide bonds. The predicted molar refractivity (Wildman–Crippen MR) is 59.5 cm³/mol. The van der Waals surface area contributed by atoms with Gasteiger partial charge < -0.3 is 5.11 Å². The Balaban J connectivity index is 2.40.